The molecule has 0 unspecified atom stereocenters. The van der Waals surface area contributed by atoms with Gasteiger partial charge in [-0.3, -0.25) is 0 Å². The van der Waals surface area contributed by atoms with E-state index in [1.165, 1.54) is 25.7 Å². The molecular weight excluding hydrogens is 430 g/mol. The topological polar surface area (TPSA) is 85.9 Å². The predicted octanol–water partition coefficient (Wildman–Crippen LogP) is 2.31. The van der Waals surface area contributed by atoms with Crippen LogP contribution in [0.1, 0.15) is 39.0 Å². The minimum absolute atomic E-state index is 0.547. The molecular formula is C24H51NO8. The maximum absolute atomic E-state index is 5.54. The van der Waals surface area contributed by atoms with Crippen LogP contribution in [0.5, 0.6) is 0 Å². The number of ether oxygens (including phenoxy) is 8. The first-order chi connectivity index (χ1) is 16.4. The normalized spacial score (nSPS) is 11.5. The minimum Gasteiger partial charge on any atom is -0.379 e. The lowest BCUT2D eigenvalue weighted by molar-refractivity contribution is -0.0230. The van der Waals surface area contributed by atoms with Gasteiger partial charge < -0.3 is 43.2 Å². The van der Waals surface area contributed by atoms with Crippen LogP contribution in [0.2, 0.25) is 0 Å². The smallest absolute Gasteiger partial charge is 0.0701 e. The molecule has 0 aliphatic carbocycles. The molecule has 1 N–H and O–H groups in total. The van der Waals surface area contributed by atoms with Gasteiger partial charge in [0.25, 0.3) is 0 Å². The Hall–Kier alpha value is -0.360. The number of likely N-dealkylation sites (N-methyl/N-ethyl adjacent to an activating group) is 1. The van der Waals surface area contributed by atoms with Crippen molar-refractivity contribution >= 4 is 0 Å². The van der Waals surface area contributed by atoms with Crippen molar-refractivity contribution < 1.29 is 37.9 Å². The van der Waals surface area contributed by atoms with Crippen LogP contribution in [-0.4, -0.2) is 119 Å². The highest BCUT2D eigenvalue weighted by Gasteiger charge is 1.95. The van der Waals surface area contributed by atoms with E-state index in [9.17, 15) is 0 Å². The summed E-state index contributed by atoms with van der Waals surface area (Å²) in [6.45, 7) is 12.7. The molecule has 0 aromatic carbocycles. The molecule has 0 fully saturated rings. The summed E-state index contributed by atoms with van der Waals surface area (Å²) in [6.07, 6.45) is 6.32. The molecule has 0 aromatic heterocycles. The van der Waals surface area contributed by atoms with Gasteiger partial charge in [0.2, 0.25) is 0 Å². The molecule has 0 amide bonds. The Balaban J connectivity index is 2.99. The fourth-order valence-electron chi connectivity index (χ4n) is 2.62. The van der Waals surface area contributed by atoms with Gasteiger partial charge in [0.05, 0.1) is 99.1 Å². The molecule has 0 aromatic rings. The number of unbranched alkanes of at least 4 members (excludes halogenated alkanes) is 4. The van der Waals surface area contributed by atoms with E-state index in [0.29, 0.717) is 99.1 Å². The van der Waals surface area contributed by atoms with Gasteiger partial charge in [-0.1, -0.05) is 32.6 Å². The Morgan fingerprint density at radius 2 is 0.667 bits per heavy atom. The van der Waals surface area contributed by atoms with Crippen molar-refractivity contribution in [3.63, 3.8) is 0 Å². The van der Waals surface area contributed by atoms with E-state index >= 15 is 0 Å². The second kappa shape index (κ2) is 31.6. The molecule has 9 nitrogen and oxygen atoms in total. The number of hydrogen-bond acceptors (Lipinski definition) is 9. The lowest BCUT2D eigenvalue weighted by Crippen LogP contribution is -2.17. The molecule has 0 atom stereocenters. The second-order valence-electron chi connectivity index (χ2n) is 7.42. The van der Waals surface area contributed by atoms with Gasteiger partial charge in [-0.2, -0.15) is 0 Å². The van der Waals surface area contributed by atoms with Gasteiger partial charge >= 0.3 is 0 Å². The van der Waals surface area contributed by atoms with E-state index in [4.69, 9.17) is 37.9 Å². The Labute approximate surface area is 202 Å². The van der Waals surface area contributed by atoms with Gasteiger partial charge in [-0.05, 0) is 13.5 Å². The summed E-state index contributed by atoms with van der Waals surface area (Å²) in [4.78, 5) is 0. The van der Waals surface area contributed by atoms with Crippen LogP contribution >= 0.6 is 0 Å². The molecule has 0 bridgehead atoms. The van der Waals surface area contributed by atoms with Crippen LogP contribution in [0.3, 0.4) is 0 Å². The van der Waals surface area contributed by atoms with E-state index in [2.05, 4.69) is 12.2 Å². The minimum atomic E-state index is 0.547. The van der Waals surface area contributed by atoms with E-state index < -0.39 is 0 Å². The van der Waals surface area contributed by atoms with E-state index in [1.54, 1.807) is 0 Å². The number of hydrogen-bond donors (Lipinski definition) is 1. The molecule has 9 heteroatoms. The lowest BCUT2D eigenvalue weighted by atomic mass is 10.2. The third kappa shape index (κ3) is 31.6. The molecule has 0 spiro atoms. The maximum atomic E-state index is 5.54. The SMILES string of the molecule is CCCCCCCOCCOCCOCCOCCOCCOCCOCCOCCNC. The number of nitrogens with one attached hydrogen (secondary N) is 1. The highest BCUT2D eigenvalue weighted by Crippen LogP contribution is 2.02. The highest BCUT2D eigenvalue weighted by atomic mass is 16.6. The predicted molar refractivity (Wildman–Crippen MR) is 129 cm³/mol. The summed E-state index contributed by atoms with van der Waals surface area (Å²) in [5.74, 6) is 0. The lowest BCUT2D eigenvalue weighted by Gasteiger charge is -2.08. The standard InChI is InChI=1S/C24H51NO8/c1-3-4-5-6-7-9-26-11-13-28-15-17-30-19-21-32-23-24-33-22-20-31-18-16-29-14-12-27-10-8-25-2/h25H,3-24H2,1-2H3. The third-order valence-corrected chi connectivity index (χ3v) is 4.49. The monoisotopic (exact) mass is 481 g/mol. The van der Waals surface area contributed by atoms with E-state index in [0.717, 1.165) is 19.6 Å². The van der Waals surface area contributed by atoms with Gasteiger partial charge in [-0.25, -0.2) is 0 Å². The highest BCUT2D eigenvalue weighted by molar-refractivity contribution is 4.42. The first-order valence-electron chi connectivity index (χ1n) is 12.7. The average molecular weight is 482 g/mol. The number of rotatable bonds is 30. The van der Waals surface area contributed by atoms with Crippen LogP contribution in [-0.2, 0) is 37.9 Å². The fraction of sp³-hybridized carbons (Fsp3) is 1.00. The van der Waals surface area contributed by atoms with Crippen molar-refractivity contribution in [2.24, 2.45) is 0 Å². The van der Waals surface area contributed by atoms with Crippen LogP contribution in [0.25, 0.3) is 0 Å². The zero-order valence-corrected chi connectivity index (χ0v) is 21.3. The van der Waals surface area contributed by atoms with Gasteiger partial charge in [0.15, 0.2) is 0 Å². The molecule has 0 rings (SSSR count). The Morgan fingerprint density at radius 3 is 1.00 bits per heavy atom. The Bertz CT molecular complexity index is 310. The van der Waals surface area contributed by atoms with E-state index in [1.807, 2.05) is 7.05 Å². The average Bonchev–Trinajstić information content (AvgIpc) is 2.83. The van der Waals surface area contributed by atoms with Crippen molar-refractivity contribution in [2.45, 2.75) is 39.0 Å². The first kappa shape index (κ1) is 32.6. The summed E-state index contributed by atoms with van der Waals surface area (Å²) in [5.41, 5.74) is 0. The molecule has 0 saturated carbocycles. The zero-order valence-electron chi connectivity index (χ0n) is 21.3. The summed E-state index contributed by atoms with van der Waals surface area (Å²) >= 11 is 0. The molecule has 200 valence electrons. The van der Waals surface area contributed by atoms with Crippen molar-refractivity contribution in [1.29, 1.82) is 0 Å². The summed E-state index contributed by atoms with van der Waals surface area (Å²) in [5, 5.41) is 3.02. The molecule has 0 heterocycles. The summed E-state index contributed by atoms with van der Waals surface area (Å²) < 4.78 is 43.6. The fourth-order valence-corrected chi connectivity index (χ4v) is 2.62. The summed E-state index contributed by atoms with van der Waals surface area (Å²) in [6, 6.07) is 0. The molecule has 0 aliphatic heterocycles. The van der Waals surface area contributed by atoms with Crippen molar-refractivity contribution in [1.82, 2.24) is 5.32 Å². The molecule has 0 saturated heterocycles. The van der Waals surface area contributed by atoms with E-state index in [-0.39, 0.29) is 0 Å². The van der Waals surface area contributed by atoms with Crippen LogP contribution < -0.4 is 5.32 Å². The summed E-state index contributed by atoms with van der Waals surface area (Å²) in [7, 11) is 1.90. The van der Waals surface area contributed by atoms with Crippen molar-refractivity contribution in [3.8, 4) is 0 Å². The molecule has 33 heavy (non-hydrogen) atoms. The quantitative estimate of drug-likeness (QED) is 0.155. The zero-order chi connectivity index (χ0) is 23.9. The van der Waals surface area contributed by atoms with Crippen LogP contribution in [0, 0.1) is 0 Å². The van der Waals surface area contributed by atoms with Gasteiger partial charge in [0, 0.05) is 13.2 Å². The van der Waals surface area contributed by atoms with Gasteiger partial charge in [-0.15, -0.1) is 0 Å². The maximum Gasteiger partial charge on any atom is 0.0701 e. The Morgan fingerprint density at radius 1 is 0.364 bits per heavy atom. The van der Waals surface area contributed by atoms with Crippen LogP contribution in [0.4, 0.5) is 0 Å². The largest absolute Gasteiger partial charge is 0.379 e. The first-order valence-corrected chi connectivity index (χ1v) is 12.7. The van der Waals surface area contributed by atoms with Crippen molar-refractivity contribution in [2.75, 3.05) is 119 Å². The second-order valence-corrected chi connectivity index (χ2v) is 7.42. The van der Waals surface area contributed by atoms with Crippen molar-refractivity contribution in [3.05, 3.63) is 0 Å². The molecule has 0 radical (unpaired) electrons. The van der Waals surface area contributed by atoms with Gasteiger partial charge in [0.1, 0.15) is 0 Å². The Kier molecular flexibility index (Phi) is 31.3. The molecule has 0 aliphatic rings. The van der Waals surface area contributed by atoms with Crippen LogP contribution in [0.15, 0.2) is 0 Å². The third-order valence-electron chi connectivity index (χ3n) is 4.49.